The lowest BCUT2D eigenvalue weighted by Crippen LogP contribution is -2.06. The summed E-state index contributed by atoms with van der Waals surface area (Å²) in [6.07, 6.45) is 0. The highest BCUT2D eigenvalue weighted by molar-refractivity contribution is 5.70. The third-order valence-electron chi connectivity index (χ3n) is 2.44. The summed E-state index contributed by atoms with van der Waals surface area (Å²) in [7, 11) is 4.99. The van der Waals surface area contributed by atoms with E-state index in [9.17, 15) is 0 Å². The number of methoxy groups -OCH3 is 2. The normalized spacial score (nSPS) is 10.4. The van der Waals surface area contributed by atoms with E-state index in [1.807, 2.05) is 25.2 Å². The maximum absolute atomic E-state index is 5.29. The molecule has 96 valence electrons. The van der Waals surface area contributed by atoms with Crippen molar-refractivity contribution >= 4 is 0 Å². The molecule has 1 N–H and O–H groups in total. The summed E-state index contributed by atoms with van der Waals surface area (Å²) in [5.41, 5.74) is 0.664. The summed E-state index contributed by atoms with van der Waals surface area (Å²) < 4.78 is 15.8. The van der Waals surface area contributed by atoms with Gasteiger partial charge in [0.25, 0.3) is 5.89 Å². The van der Waals surface area contributed by atoms with E-state index < -0.39 is 0 Å². The molecule has 0 amide bonds. The Morgan fingerprint density at radius 2 is 1.89 bits per heavy atom. The Hall–Kier alpha value is -2.08. The second kappa shape index (κ2) is 5.50. The molecule has 0 aliphatic rings. The van der Waals surface area contributed by atoms with Gasteiger partial charge in [0.1, 0.15) is 17.1 Å². The second-order valence-corrected chi connectivity index (χ2v) is 3.58. The van der Waals surface area contributed by atoms with E-state index in [1.54, 1.807) is 14.2 Å². The van der Waals surface area contributed by atoms with Gasteiger partial charge in [0.2, 0.25) is 0 Å². The molecule has 1 aromatic heterocycles. The van der Waals surface area contributed by atoms with E-state index in [1.165, 1.54) is 0 Å². The lowest BCUT2D eigenvalue weighted by Gasteiger charge is -2.09. The van der Waals surface area contributed by atoms with Crippen LogP contribution in [0.25, 0.3) is 11.5 Å². The van der Waals surface area contributed by atoms with Gasteiger partial charge < -0.3 is 19.3 Å². The highest BCUT2D eigenvalue weighted by atomic mass is 16.5. The van der Waals surface area contributed by atoms with Gasteiger partial charge in [-0.3, -0.25) is 0 Å². The maximum atomic E-state index is 5.29. The van der Waals surface area contributed by atoms with E-state index >= 15 is 0 Å². The summed E-state index contributed by atoms with van der Waals surface area (Å²) in [6, 6.07) is 5.48. The zero-order valence-corrected chi connectivity index (χ0v) is 10.6. The molecule has 18 heavy (non-hydrogen) atoms. The number of hydrogen-bond donors (Lipinski definition) is 1. The van der Waals surface area contributed by atoms with Crippen molar-refractivity contribution in [3.05, 3.63) is 24.0 Å². The number of nitrogens with zero attached hydrogens (tertiary/aromatic N) is 2. The van der Waals surface area contributed by atoms with Crippen molar-refractivity contribution in [3.63, 3.8) is 0 Å². The second-order valence-electron chi connectivity index (χ2n) is 3.58. The van der Waals surface area contributed by atoms with E-state index in [0.717, 1.165) is 0 Å². The average molecular weight is 249 g/mol. The van der Waals surface area contributed by atoms with Crippen LogP contribution in [0.4, 0.5) is 0 Å². The molecule has 0 unspecified atom stereocenters. The minimum absolute atomic E-state index is 0.384. The van der Waals surface area contributed by atoms with Gasteiger partial charge in [0.15, 0.2) is 5.82 Å². The number of rotatable bonds is 5. The van der Waals surface area contributed by atoms with Crippen LogP contribution in [0, 0.1) is 0 Å². The molecule has 0 fully saturated rings. The van der Waals surface area contributed by atoms with E-state index in [4.69, 9.17) is 14.0 Å². The Kier molecular flexibility index (Phi) is 3.78. The van der Waals surface area contributed by atoms with E-state index in [0.29, 0.717) is 35.3 Å². The fourth-order valence-corrected chi connectivity index (χ4v) is 1.65. The first kappa shape index (κ1) is 12.4. The Bertz CT molecular complexity index is 503. The van der Waals surface area contributed by atoms with Crippen molar-refractivity contribution in [1.82, 2.24) is 15.5 Å². The minimum Gasteiger partial charge on any atom is -0.496 e. The third-order valence-corrected chi connectivity index (χ3v) is 2.44. The Labute approximate surface area is 105 Å². The Balaban J connectivity index is 2.47. The van der Waals surface area contributed by atoms with Gasteiger partial charge in [-0.05, 0) is 19.2 Å². The number of hydrogen-bond acceptors (Lipinski definition) is 6. The van der Waals surface area contributed by atoms with Crippen LogP contribution in [0.3, 0.4) is 0 Å². The van der Waals surface area contributed by atoms with E-state index in [2.05, 4.69) is 15.5 Å². The topological polar surface area (TPSA) is 69.4 Å². The van der Waals surface area contributed by atoms with Crippen LogP contribution in [-0.2, 0) is 6.54 Å². The molecule has 0 saturated carbocycles. The van der Waals surface area contributed by atoms with Crippen LogP contribution in [0.15, 0.2) is 22.7 Å². The van der Waals surface area contributed by atoms with Gasteiger partial charge in [-0.25, -0.2) is 0 Å². The highest BCUT2D eigenvalue weighted by Gasteiger charge is 2.18. The number of benzene rings is 1. The summed E-state index contributed by atoms with van der Waals surface area (Å²) in [5.74, 6) is 2.23. The molecule has 0 spiro atoms. The fraction of sp³-hybridized carbons (Fsp3) is 0.333. The Morgan fingerprint density at radius 1 is 1.22 bits per heavy atom. The van der Waals surface area contributed by atoms with Crippen molar-refractivity contribution in [2.45, 2.75) is 6.54 Å². The zero-order valence-electron chi connectivity index (χ0n) is 10.6. The number of ether oxygens (including phenoxy) is 2. The molecule has 0 radical (unpaired) electrons. The van der Waals surface area contributed by atoms with Crippen LogP contribution in [0.5, 0.6) is 11.5 Å². The standard InChI is InChI=1S/C12H15N3O3/c1-13-7-10-14-12(18-15-10)11-8(16-2)5-4-6-9(11)17-3/h4-6,13H,7H2,1-3H3. The molecule has 6 heteroatoms. The lowest BCUT2D eigenvalue weighted by molar-refractivity contribution is 0.384. The van der Waals surface area contributed by atoms with E-state index in [-0.39, 0.29) is 0 Å². The smallest absolute Gasteiger partial charge is 0.265 e. The molecule has 0 bridgehead atoms. The van der Waals surface area contributed by atoms with Gasteiger partial charge >= 0.3 is 0 Å². The summed E-state index contributed by atoms with van der Waals surface area (Å²) in [5, 5.41) is 6.83. The molecule has 2 rings (SSSR count). The molecule has 0 saturated heterocycles. The first-order valence-electron chi connectivity index (χ1n) is 5.48. The highest BCUT2D eigenvalue weighted by Crippen LogP contribution is 2.36. The lowest BCUT2D eigenvalue weighted by atomic mass is 10.1. The van der Waals surface area contributed by atoms with Crippen molar-refractivity contribution in [2.75, 3.05) is 21.3 Å². The largest absolute Gasteiger partial charge is 0.496 e. The SMILES string of the molecule is CNCc1noc(-c2c(OC)cccc2OC)n1. The van der Waals surface area contributed by atoms with Crippen LogP contribution in [0.1, 0.15) is 5.82 Å². The molecular formula is C12H15N3O3. The first-order chi connectivity index (χ1) is 8.80. The molecule has 0 aliphatic heterocycles. The number of nitrogens with one attached hydrogen (secondary N) is 1. The summed E-state index contributed by atoms with van der Waals surface area (Å²) in [6.45, 7) is 0.543. The van der Waals surface area contributed by atoms with Gasteiger partial charge in [-0.1, -0.05) is 11.2 Å². The zero-order chi connectivity index (χ0) is 13.0. The monoisotopic (exact) mass is 249 g/mol. The van der Waals surface area contributed by atoms with Crippen LogP contribution in [-0.4, -0.2) is 31.4 Å². The predicted molar refractivity (Wildman–Crippen MR) is 65.6 cm³/mol. The third kappa shape index (κ3) is 2.28. The van der Waals surface area contributed by atoms with Crippen molar-refractivity contribution < 1.29 is 14.0 Å². The predicted octanol–water partition coefficient (Wildman–Crippen LogP) is 1.47. The molecule has 6 nitrogen and oxygen atoms in total. The molecular weight excluding hydrogens is 234 g/mol. The van der Waals surface area contributed by atoms with Crippen molar-refractivity contribution in [2.24, 2.45) is 0 Å². The summed E-state index contributed by atoms with van der Waals surface area (Å²) in [4.78, 5) is 4.29. The first-order valence-corrected chi connectivity index (χ1v) is 5.48. The van der Waals surface area contributed by atoms with Gasteiger partial charge in [-0.15, -0.1) is 0 Å². The maximum Gasteiger partial charge on any atom is 0.265 e. The van der Waals surface area contributed by atoms with Crippen molar-refractivity contribution in [1.29, 1.82) is 0 Å². The van der Waals surface area contributed by atoms with Crippen LogP contribution < -0.4 is 14.8 Å². The van der Waals surface area contributed by atoms with Gasteiger partial charge in [0, 0.05) is 0 Å². The van der Waals surface area contributed by atoms with Crippen LogP contribution in [0.2, 0.25) is 0 Å². The quantitative estimate of drug-likeness (QED) is 0.865. The minimum atomic E-state index is 0.384. The van der Waals surface area contributed by atoms with Gasteiger partial charge in [0.05, 0.1) is 20.8 Å². The van der Waals surface area contributed by atoms with Crippen molar-refractivity contribution in [3.8, 4) is 23.0 Å². The molecule has 2 aromatic rings. The molecule has 1 aromatic carbocycles. The Morgan fingerprint density at radius 3 is 2.44 bits per heavy atom. The van der Waals surface area contributed by atoms with Gasteiger partial charge in [-0.2, -0.15) is 4.98 Å². The number of aromatic nitrogens is 2. The molecule has 0 atom stereocenters. The fourth-order valence-electron chi connectivity index (χ4n) is 1.65. The van der Waals surface area contributed by atoms with Crippen LogP contribution >= 0.6 is 0 Å². The average Bonchev–Trinajstić information content (AvgIpc) is 2.86. The summed E-state index contributed by atoms with van der Waals surface area (Å²) >= 11 is 0. The molecule has 1 heterocycles. The molecule has 0 aliphatic carbocycles.